The smallest absolute Gasteiger partial charge is 0.261 e. The summed E-state index contributed by atoms with van der Waals surface area (Å²) in [5.74, 6) is -0.365. The summed E-state index contributed by atoms with van der Waals surface area (Å²) >= 11 is -1.35. The van der Waals surface area contributed by atoms with Crippen LogP contribution in [0.2, 0.25) is 5.04 Å². The second-order valence-corrected chi connectivity index (χ2v) is 16.1. The minimum Gasteiger partial charge on any atom is -0.598 e. The van der Waals surface area contributed by atoms with E-state index in [0.29, 0.717) is 0 Å². The minimum atomic E-state index is -2.70. The molecule has 0 aliphatic carbocycles. The molecule has 0 amide bonds. The Labute approximate surface area is 191 Å². The molecule has 0 radical (unpaired) electrons. The van der Waals surface area contributed by atoms with E-state index in [0.717, 1.165) is 10.4 Å². The summed E-state index contributed by atoms with van der Waals surface area (Å²) in [6.07, 6.45) is 1.47. The second-order valence-electron chi connectivity index (χ2n) is 9.78. The van der Waals surface area contributed by atoms with E-state index >= 15 is 0 Å². The molecule has 0 saturated carbocycles. The zero-order valence-corrected chi connectivity index (χ0v) is 21.6. The minimum absolute atomic E-state index is 0.146. The number of benzene rings is 2. The summed E-state index contributed by atoms with van der Waals surface area (Å²) in [5.41, 5.74) is 0. The number of rotatable bonds is 8. The Morgan fingerprint density at radius 2 is 1.45 bits per heavy atom. The normalized spacial score (nSPS) is 15.6. The Morgan fingerprint density at radius 3 is 1.84 bits per heavy atom. The van der Waals surface area contributed by atoms with Crippen LogP contribution < -0.4 is 15.1 Å². The van der Waals surface area contributed by atoms with E-state index in [2.05, 4.69) is 49.8 Å². The molecule has 0 spiro atoms. The van der Waals surface area contributed by atoms with Crippen LogP contribution in [0.5, 0.6) is 0 Å². The Kier molecular flexibility index (Phi) is 8.70. The quantitative estimate of drug-likeness (QED) is 0.451. The van der Waals surface area contributed by atoms with Gasteiger partial charge in [-0.25, -0.2) is 4.39 Å². The summed E-state index contributed by atoms with van der Waals surface area (Å²) < 4.78 is 36.2. The van der Waals surface area contributed by atoms with Crippen LogP contribution in [0.4, 0.5) is 4.39 Å². The van der Waals surface area contributed by atoms with Crippen LogP contribution in [-0.2, 0) is 15.8 Å². The van der Waals surface area contributed by atoms with Crippen molar-refractivity contribution in [3.8, 4) is 0 Å². The Bertz CT molecular complexity index is 808. The number of hydrogen-bond donors (Lipinski definition) is 1. The molecule has 3 nitrogen and oxygen atoms in total. The molecule has 2 unspecified atom stereocenters. The Morgan fingerprint density at radius 1 is 1.00 bits per heavy atom. The molecule has 0 heterocycles. The van der Waals surface area contributed by atoms with Crippen molar-refractivity contribution < 1.29 is 13.4 Å². The van der Waals surface area contributed by atoms with Crippen molar-refractivity contribution in [2.45, 2.75) is 64.3 Å². The Hall–Kier alpha value is -1.44. The number of hydrogen-bond acceptors (Lipinski definition) is 3. The average Bonchev–Trinajstić information content (AvgIpc) is 2.70. The van der Waals surface area contributed by atoms with Crippen molar-refractivity contribution in [2.75, 3.05) is 6.61 Å². The summed E-state index contributed by atoms with van der Waals surface area (Å²) in [6, 6.07) is 19.9. The Balaban J connectivity index is 2.34. The summed E-state index contributed by atoms with van der Waals surface area (Å²) in [4.78, 5) is 0. The fraction of sp³-hybridized carbons (Fsp3) is 0.440. The maximum Gasteiger partial charge on any atom is 0.261 e. The molecule has 0 aromatic heterocycles. The van der Waals surface area contributed by atoms with E-state index in [9.17, 15) is 8.94 Å². The largest absolute Gasteiger partial charge is 0.598 e. The van der Waals surface area contributed by atoms with Gasteiger partial charge in [0.15, 0.2) is 0 Å². The third-order valence-corrected chi connectivity index (χ3v) is 11.9. The lowest BCUT2D eigenvalue weighted by Crippen LogP contribution is -2.66. The van der Waals surface area contributed by atoms with Crippen molar-refractivity contribution in [1.29, 1.82) is 0 Å². The summed E-state index contributed by atoms with van der Waals surface area (Å²) in [6.45, 7) is 14.0. The fourth-order valence-electron chi connectivity index (χ4n) is 3.58. The molecule has 0 saturated heterocycles. The molecule has 0 aliphatic heterocycles. The van der Waals surface area contributed by atoms with Gasteiger partial charge in [-0.2, -0.15) is 0 Å². The summed E-state index contributed by atoms with van der Waals surface area (Å²) in [5, 5.41) is 2.14. The molecule has 1 N–H and O–H groups in total. The van der Waals surface area contributed by atoms with Gasteiger partial charge in [0.25, 0.3) is 8.32 Å². The number of halogens is 1. The van der Waals surface area contributed by atoms with Crippen LogP contribution in [0, 0.1) is 0 Å². The van der Waals surface area contributed by atoms with Crippen LogP contribution in [-0.4, -0.2) is 30.3 Å². The van der Waals surface area contributed by atoms with Gasteiger partial charge in [-0.15, -0.1) is 4.72 Å². The van der Waals surface area contributed by atoms with E-state index in [4.69, 9.17) is 4.43 Å². The molecule has 6 heteroatoms. The van der Waals surface area contributed by atoms with Gasteiger partial charge >= 0.3 is 0 Å². The van der Waals surface area contributed by atoms with Crippen molar-refractivity contribution in [3.63, 3.8) is 0 Å². The van der Waals surface area contributed by atoms with E-state index in [1.165, 1.54) is 6.08 Å². The van der Waals surface area contributed by atoms with Crippen LogP contribution in [0.25, 0.3) is 0 Å². The van der Waals surface area contributed by atoms with E-state index in [1.54, 1.807) is 6.92 Å². The predicted molar refractivity (Wildman–Crippen MR) is 133 cm³/mol. The predicted octanol–water partition coefficient (Wildman–Crippen LogP) is 4.86. The maximum atomic E-state index is 14.8. The maximum absolute atomic E-state index is 14.8. The standard InChI is InChI=1S/C25H36FNO2SSi/c1-20(27-30(28)24(2,3)4)23(26)18-19-29-31(25(5,6)7,21-14-10-8-11-15-21)22-16-12-9-13-17-22/h8-18,20,27H,19H2,1-7H3/b23-18-. The highest BCUT2D eigenvalue weighted by molar-refractivity contribution is 7.90. The van der Waals surface area contributed by atoms with Gasteiger partial charge in [0.05, 0.1) is 6.61 Å². The molecule has 0 bridgehead atoms. The van der Waals surface area contributed by atoms with E-state index in [-0.39, 0.29) is 17.5 Å². The van der Waals surface area contributed by atoms with Gasteiger partial charge in [-0.3, -0.25) is 0 Å². The first-order valence-electron chi connectivity index (χ1n) is 10.7. The number of nitrogens with one attached hydrogen (secondary N) is 1. The third-order valence-electron chi connectivity index (χ3n) is 5.25. The molecular formula is C25H36FNO2SSi. The van der Waals surface area contributed by atoms with Crippen molar-refractivity contribution >= 4 is 30.1 Å². The van der Waals surface area contributed by atoms with E-state index in [1.807, 2.05) is 57.2 Å². The van der Waals surface area contributed by atoms with Gasteiger partial charge in [-0.05, 0) is 49.2 Å². The first-order chi connectivity index (χ1) is 14.4. The lowest BCUT2D eigenvalue weighted by Gasteiger charge is -2.42. The van der Waals surface area contributed by atoms with Crippen molar-refractivity contribution in [1.82, 2.24) is 4.72 Å². The van der Waals surface area contributed by atoms with Crippen LogP contribution >= 0.6 is 0 Å². The molecule has 2 atom stereocenters. The zero-order chi connectivity index (χ0) is 23.3. The lowest BCUT2D eigenvalue weighted by atomic mass is 10.2. The van der Waals surface area contributed by atoms with Gasteiger partial charge in [-0.1, -0.05) is 81.4 Å². The highest BCUT2D eigenvalue weighted by atomic mass is 32.2. The monoisotopic (exact) mass is 461 g/mol. The van der Waals surface area contributed by atoms with Gasteiger partial charge in [0.1, 0.15) is 16.6 Å². The molecule has 0 aliphatic rings. The molecule has 0 fully saturated rings. The zero-order valence-electron chi connectivity index (χ0n) is 19.7. The molecular weight excluding hydrogens is 425 g/mol. The first kappa shape index (κ1) is 25.8. The second kappa shape index (κ2) is 10.4. The molecule has 2 rings (SSSR count). The summed E-state index contributed by atoms with van der Waals surface area (Å²) in [7, 11) is -2.70. The van der Waals surface area contributed by atoms with Gasteiger partial charge in [0.2, 0.25) is 0 Å². The molecule has 170 valence electrons. The van der Waals surface area contributed by atoms with Crippen LogP contribution in [0.1, 0.15) is 48.5 Å². The third kappa shape index (κ3) is 6.30. The van der Waals surface area contributed by atoms with Crippen LogP contribution in [0.3, 0.4) is 0 Å². The topological polar surface area (TPSA) is 44.3 Å². The fourth-order valence-corrected chi connectivity index (χ4v) is 8.85. The lowest BCUT2D eigenvalue weighted by molar-refractivity contribution is 0.334. The van der Waals surface area contributed by atoms with Gasteiger partial charge in [0, 0.05) is 11.4 Å². The molecule has 31 heavy (non-hydrogen) atoms. The van der Waals surface area contributed by atoms with Gasteiger partial charge < -0.3 is 8.98 Å². The average molecular weight is 462 g/mol. The van der Waals surface area contributed by atoms with E-state index < -0.39 is 30.5 Å². The first-order valence-corrected chi connectivity index (χ1v) is 13.7. The van der Waals surface area contributed by atoms with Crippen LogP contribution in [0.15, 0.2) is 72.6 Å². The van der Waals surface area contributed by atoms with Crippen molar-refractivity contribution in [2.24, 2.45) is 0 Å². The highest BCUT2D eigenvalue weighted by Crippen LogP contribution is 2.36. The van der Waals surface area contributed by atoms with Crippen molar-refractivity contribution in [3.05, 3.63) is 72.6 Å². The molecule has 2 aromatic rings. The SMILES string of the molecule is CC(N[S+]([O-])C(C)(C)C)/C(F)=C/CO[Si](c1ccccc1)(c1ccccc1)C(C)(C)C. The molecule has 2 aromatic carbocycles. The highest BCUT2D eigenvalue weighted by Gasteiger charge is 2.49.